The van der Waals surface area contributed by atoms with E-state index in [-0.39, 0.29) is 18.1 Å². The van der Waals surface area contributed by atoms with Crippen molar-refractivity contribution >= 4 is 16.8 Å². The number of ether oxygens (including phenoxy) is 2. The van der Waals surface area contributed by atoms with Crippen LogP contribution >= 0.6 is 0 Å². The summed E-state index contributed by atoms with van der Waals surface area (Å²) in [7, 11) is 1.60. The third kappa shape index (κ3) is 7.13. The maximum atomic E-state index is 13.4. The summed E-state index contributed by atoms with van der Waals surface area (Å²) in [6.07, 6.45) is 3.77. The highest BCUT2D eigenvalue weighted by atomic mass is 16.5. The molecule has 188 valence electrons. The lowest BCUT2D eigenvalue weighted by Crippen LogP contribution is -2.41. The number of fused-ring (bicyclic) bond motifs is 1. The molecule has 0 aliphatic heterocycles. The number of nitrogens with two attached hydrogens (primary N) is 1. The minimum absolute atomic E-state index is 0.0902. The first-order valence-electron chi connectivity index (χ1n) is 12.2. The molecule has 2 N–H and O–H groups in total. The van der Waals surface area contributed by atoms with E-state index in [1.807, 2.05) is 55.5 Å². The predicted octanol–water partition coefficient (Wildman–Crippen LogP) is 3.53. The Morgan fingerprint density at radius 3 is 2.51 bits per heavy atom. The molecule has 0 spiro atoms. The Morgan fingerprint density at radius 1 is 1.06 bits per heavy atom. The van der Waals surface area contributed by atoms with Gasteiger partial charge in [0.1, 0.15) is 11.6 Å². The number of rotatable bonds is 14. The number of hydrogen-bond acceptors (Lipinski definition) is 6. The summed E-state index contributed by atoms with van der Waals surface area (Å²) in [6.45, 7) is 3.75. The molecule has 1 unspecified atom stereocenters. The van der Waals surface area contributed by atoms with Gasteiger partial charge in [0.2, 0.25) is 0 Å². The fourth-order valence-corrected chi connectivity index (χ4v) is 4.10. The van der Waals surface area contributed by atoms with Crippen molar-refractivity contribution in [2.45, 2.75) is 45.2 Å². The zero-order chi connectivity index (χ0) is 25.0. The number of methoxy groups -OCH3 is 1. The molecular weight excluding hydrogens is 444 g/mol. The van der Waals surface area contributed by atoms with Gasteiger partial charge in [-0.3, -0.25) is 14.2 Å². The molecule has 2 aromatic carbocycles. The average Bonchev–Trinajstić information content (AvgIpc) is 2.89. The second-order valence-corrected chi connectivity index (χ2v) is 8.50. The van der Waals surface area contributed by atoms with Crippen molar-refractivity contribution in [1.82, 2.24) is 14.5 Å². The number of unbranched alkanes of at least 4 members (excludes halogenated alkanes) is 3. The SMILES string of the molecule is COCCn1c(C(C)N(CCCCCCN)C(=O)COc2ccccc2)nc2ccccc2c1=O. The highest BCUT2D eigenvalue weighted by Crippen LogP contribution is 2.22. The number of amides is 1. The number of aromatic nitrogens is 2. The summed E-state index contributed by atoms with van der Waals surface area (Å²) in [5, 5.41) is 0.548. The number of hydrogen-bond donors (Lipinski definition) is 1. The highest BCUT2D eigenvalue weighted by Gasteiger charge is 2.26. The van der Waals surface area contributed by atoms with Crippen molar-refractivity contribution in [3.05, 3.63) is 70.8 Å². The van der Waals surface area contributed by atoms with Gasteiger partial charge in [-0.25, -0.2) is 4.98 Å². The summed E-state index contributed by atoms with van der Waals surface area (Å²) in [5.41, 5.74) is 6.10. The van der Waals surface area contributed by atoms with Crippen molar-refractivity contribution in [2.24, 2.45) is 5.73 Å². The van der Waals surface area contributed by atoms with Gasteiger partial charge in [-0.05, 0) is 50.6 Å². The predicted molar refractivity (Wildman–Crippen MR) is 137 cm³/mol. The molecule has 1 atom stereocenters. The van der Waals surface area contributed by atoms with Crippen LogP contribution in [-0.4, -0.2) is 53.8 Å². The molecule has 3 aromatic rings. The van der Waals surface area contributed by atoms with Crippen LogP contribution in [0.2, 0.25) is 0 Å². The zero-order valence-electron chi connectivity index (χ0n) is 20.7. The van der Waals surface area contributed by atoms with Gasteiger partial charge in [-0.2, -0.15) is 0 Å². The standard InChI is InChI=1S/C27H36N4O4/c1-21(26-29-24-15-9-8-14-23(24)27(33)31(26)18-19-34-2)30(17-11-4-3-10-16-28)25(32)20-35-22-12-6-5-7-13-22/h5-9,12-15,21H,3-4,10-11,16-20,28H2,1-2H3. The van der Waals surface area contributed by atoms with Gasteiger partial charge in [-0.15, -0.1) is 0 Å². The molecule has 3 rings (SSSR count). The summed E-state index contributed by atoms with van der Waals surface area (Å²) in [5.74, 6) is 1.03. The molecule has 0 aliphatic carbocycles. The van der Waals surface area contributed by atoms with Gasteiger partial charge < -0.3 is 20.1 Å². The van der Waals surface area contributed by atoms with Crippen molar-refractivity contribution in [3.8, 4) is 5.75 Å². The van der Waals surface area contributed by atoms with Crippen LogP contribution < -0.4 is 16.0 Å². The maximum absolute atomic E-state index is 13.4. The Morgan fingerprint density at radius 2 is 1.77 bits per heavy atom. The minimum Gasteiger partial charge on any atom is -0.484 e. The molecular formula is C27H36N4O4. The Labute approximate surface area is 206 Å². The van der Waals surface area contributed by atoms with Crippen LogP contribution in [-0.2, 0) is 16.1 Å². The Bertz CT molecular complexity index is 1130. The molecule has 0 saturated heterocycles. The van der Waals surface area contributed by atoms with Crippen molar-refractivity contribution in [3.63, 3.8) is 0 Å². The van der Waals surface area contributed by atoms with Crippen LogP contribution in [0.4, 0.5) is 0 Å². The van der Waals surface area contributed by atoms with Crippen LogP contribution in [0.1, 0.15) is 44.5 Å². The molecule has 1 heterocycles. The van der Waals surface area contributed by atoms with Gasteiger partial charge >= 0.3 is 0 Å². The fourth-order valence-electron chi connectivity index (χ4n) is 4.10. The number of nitrogens with zero attached hydrogens (tertiary/aromatic N) is 3. The van der Waals surface area contributed by atoms with Gasteiger partial charge in [0.25, 0.3) is 11.5 Å². The summed E-state index contributed by atoms with van der Waals surface area (Å²) < 4.78 is 12.6. The number of para-hydroxylation sites is 2. The molecule has 35 heavy (non-hydrogen) atoms. The van der Waals surface area contributed by atoms with E-state index in [0.717, 1.165) is 25.7 Å². The maximum Gasteiger partial charge on any atom is 0.261 e. The molecule has 0 fully saturated rings. The second kappa shape index (κ2) is 13.6. The molecule has 0 aliphatic rings. The Hall–Kier alpha value is -3.23. The summed E-state index contributed by atoms with van der Waals surface area (Å²) in [4.78, 5) is 33.3. The fraction of sp³-hybridized carbons (Fsp3) is 0.444. The van der Waals surface area contributed by atoms with Gasteiger partial charge in [0, 0.05) is 13.7 Å². The van der Waals surface area contributed by atoms with Crippen molar-refractivity contribution in [2.75, 3.05) is 33.4 Å². The highest BCUT2D eigenvalue weighted by molar-refractivity contribution is 5.79. The van der Waals surface area contributed by atoms with E-state index in [0.29, 0.717) is 48.7 Å². The van der Waals surface area contributed by atoms with E-state index in [9.17, 15) is 9.59 Å². The van der Waals surface area contributed by atoms with Crippen LogP contribution in [0.5, 0.6) is 5.75 Å². The molecule has 0 saturated carbocycles. The van der Waals surface area contributed by atoms with E-state index in [2.05, 4.69) is 0 Å². The molecule has 0 bridgehead atoms. The van der Waals surface area contributed by atoms with Crippen LogP contribution in [0.15, 0.2) is 59.4 Å². The molecule has 8 heteroatoms. The minimum atomic E-state index is -0.425. The van der Waals surface area contributed by atoms with Gasteiger partial charge in [0.05, 0.1) is 30.1 Å². The number of benzene rings is 2. The van der Waals surface area contributed by atoms with Crippen LogP contribution in [0, 0.1) is 0 Å². The Kier molecular flexibility index (Phi) is 10.3. The van der Waals surface area contributed by atoms with Gasteiger partial charge in [0.15, 0.2) is 6.61 Å². The third-order valence-corrected chi connectivity index (χ3v) is 6.03. The summed E-state index contributed by atoms with van der Waals surface area (Å²) >= 11 is 0. The van der Waals surface area contributed by atoms with Gasteiger partial charge in [-0.1, -0.05) is 43.2 Å². The molecule has 8 nitrogen and oxygen atoms in total. The largest absolute Gasteiger partial charge is 0.484 e. The van der Waals surface area contributed by atoms with E-state index >= 15 is 0 Å². The quantitative estimate of drug-likeness (QED) is 0.354. The average molecular weight is 481 g/mol. The smallest absolute Gasteiger partial charge is 0.261 e. The molecule has 0 radical (unpaired) electrons. The zero-order valence-corrected chi connectivity index (χ0v) is 20.7. The first-order valence-corrected chi connectivity index (χ1v) is 12.2. The van der Waals surface area contributed by atoms with E-state index in [4.69, 9.17) is 20.2 Å². The molecule has 1 aromatic heterocycles. The number of carbonyl (C=O) groups excluding carboxylic acids is 1. The Balaban J connectivity index is 1.90. The summed E-state index contributed by atoms with van der Waals surface area (Å²) in [6, 6.07) is 16.1. The van der Waals surface area contributed by atoms with Crippen LogP contribution in [0.25, 0.3) is 10.9 Å². The van der Waals surface area contributed by atoms with E-state index in [1.165, 1.54) is 0 Å². The normalized spacial score (nSPS) is 12.0. The van der Waals surface area contributed by atoms with Crippen molar-refractivity contribution < 1.29 is 14.3 Å². The monoisotopic (exact) mass is 480 g/mol. The lowest BCUT2D eigenvalue weighted by molar-refractivity contribution is -0.135. The topological polar surface area (TPSA) is 99.7 Å². The van der Waals surface area contributed by atoms with E-state index < -0.39 is 6.04 Å². The van der Waals surface area contributed by atoms with Crippen LogP contribution in [0.3, 0.4) is 0 Å². The second-order valence-electron chi connectivity index (χ2n) is 8.50. The first kappa shape index (κ1) is 26.4. The van der Waals surface area contributed by atoms with Crippen molar-refractivity contribution in [1.29, 1.82) is 0 Å². The first-order chi connectivity index (χ1) is 17.1. The van der Waals surface area contributed by atoms with E-state index in [1.54, 1.807) is 22.6 Å². The lowest BCUT2D eigenvalue weighted by Gasteiger charge is -2.30. The third-order valence-electron chi connectivity index (χ3n) is 6.03. The lowest BCUT2D eigenvalue weighted by atomic mass is 10.1. The molecule has 1 amide bonds. The number of carbonyl (C=O) groups is 1.